The highest BCUT2D eigenvalue weighted by Crippen LogP contribution is 2.22. The van der Waals surface area contributed by atoms with E-state index >= 15 is 0 Å². The fourth-order valence-electron chi connectivity index (χ4n) is 2.94. The Morgan fingerprint density at radius 2 is 1.43 bits per heavy atom. The monoisotopic (exact) mass is 421 g/mol. The van der Waals surface area contributed by atoms with E-state index < -0.39 is 0 Å². The summed E-state index contributed by atoms with van der Waals surface area (Å²) in [5.74, 6) is -0.217. The Morgan fingerprint density at radius 1 is 0.800 bits per heavy atom. The molecular weight excluding hydrogens is 398 g/mol. The highest BCUT2D eigenvalue weighted by Gasteiger charge is 2.07. The predicted octanol–water partition coefficient (Wildman–Crippen LogP) is 5.27. The number of carbonyl (C=O) groups is 2. The van der Waals surface area contributed by atoms with Crippen LogP contribution in [0, 0.1) is 6.92 Å². The summed E-state index contributed by atoms with van der Waals surface area (Å²) in [5.41, 5.74) is 4.21. The van der Waals surface area contributed by atoms with E-state index in [0.717, 1.165) is 16.8 Å². The van der Waals surface area contributed by atoms with Gasteiger partial charge in [-0.15, -0.1) is 0 Å². The summed E-state index contributed by atoms with van der Waals surface area (Å²) < 4.78 is 0. The molecule has 5 nitrogen and oxygen atoms in total. The fraction of sp³-hybridized carbons (Fsp3) is 0.167. The van der Waals surface area contributed by atoms with E-state index in [9.17, 15) is 9.59 Å². The number of hydrogen-bond acceptors (Lipinski definition) is 3. The lowest BCUT2D eigenvalue weighted by molar-refractivity contribution is -0.116. The molecule has 0 aliphatic heterocycles. The average molecular weight is 422 g/mol. The van der Waals surface area contributed by atoms with E-state index in [2.05, 4.69) is 16.0 Å². The van der Waals surface area contributed by atoms with Crippen LogP contribution in [0.25, 0.3) is 0 Å². The van der Waals surface area contributed by atoms with Crippen molar-refractivity contribution < 1.29 is 9.59 Å². The second kappa shape index (κ2) is 10.5. The molecule has 3 aromatic rings. The topological polar surface area (TPSA) is 70.2 Å². The highest BCUT2D eigenvalue weighted by atomic mass is 35.5. The Balaban J connectivity index is 1.45. The minimum atomic E-state index is -0.172. The van der Waals surface area contributed by atoms with Gasteiger partial charge in [0.1, 0.15) is 0 Å². The van der Waals surface area contributed by atoms with Gasteiger partial charge in [-0.05, 0) is 60.9 Å². The van der Waals surface area contributed by atoms with Gasteiger partial charge in [-0.2, -0.15) is 0 Å². The van der Waals surface area contributed by atoms with Crippen LogP contribution in [0.1, 0.15) is 17.5 Å². The number of nitrogens with one attached hydrogen (secondary N) is 3. The van der Waals surface area contributed by atoms with Crippen molar-refractivity contribution in [2.24, 2.45) is 0 Å². The van der Waals surface area contributed by atoms with Crippen molar-refractivity contribution in [2.75, 3.05) is 22.5 Å². The summed E-state index contributed by atoms with van der Waals surface area (Å²) in [6, 6.07) is 22.5. The number of anilines is 3. The third-order valence-electron chi connectivity index (χ3n) is 4.64. The van der Waals surface area contributed by atoms with Crippen LogP contribution in [-0.4, -0.2) is 18.4 Å². The van der Waals surface area contributed by atoms with E-state index in [0.29, 0.717) is 29.2 Å². The standard InChI is InChI=1S/C24H24ClN3O2/c1-17-21(25)8-5-9-22(17)26-16-24(30)28-20-13-11-19(12-14-20)27-23(29)15-10-18-6-3-2-4-7-18/h2-9,11-14,26H,10,15-16H2,1H3,(H,27,29)(H,28,30). The van der Waals surface area contributed by atoms with Gasteiger partial charge in [-0.3, -0.25) is 9.59 Å². The molecule has 0 fully saturated rings. The lowest BCUT2D eigenvalue weighted by atomic mass is 10.1. The normalized spacial score (nSPS) is 10.3. The second-order valence-electron chi connectivity index (χ2n) is 6.93. The molecule has 30 heavy (non-hydrogen) atoms. The maximum absolute atomic E-state index is 12.2. The van der Waals surface area contributed by atoms with Gasteiger partial charge in [0.25, 0.3) is 0 Å². The number of carbonyl (C=O) groups excluding carboxylic acids is 2. The molecule has 0 unspecified atom stereocenters. The number of hydrogen-bond donors (Lipinski definition) is 3. The van der Waals surface area contributed by atoms with Gasteiger partial charge in [0, 0.05) is 28.5 Å². The molecule has 0 radical (unpaired) electrons. The zero-order valence-corrected chi connectivity index (χ0v) is 17.5. The van der Waals surface area contributed by atoms with E-state index in [-0.39, 0.29) is 18.4 Å². The summed E-state index contributed by atoms with van der Waals surface area (Å²) in [7, 11) is 0. The van der Waals surface area contributed by atoms with E-state index in [1.807, 2.05) is 55.5 Å². The molecule has 0 spiro atoms. The van der Waals surface area contributed by atoms with Crippen LogP contribution in [0.15, 0.2) is 72.8 Å². The Labute approximate surface area is 181 Å². The van der Waals surface area contributed by atoms with Gasteiger partial charge in [0.2, 0.25) is 11.8 Å². The van der Waals surface area contributed by atoms with Gasteiger partial charge in [-0.25, -0.2) is 0 Å². The molecule has 3 rings (SSSR count). The van der Waals surface area contributed by atoms with Gasteiger partial charge >= 0.3 is 0 Å². The molecule has 0 heterocycles. The van der Waals surface area contributed by atoms with Gasteiger partial charge in [0.05, 0.1) is 6.54 Å². The maximum atomic E-state index is 12.2. The van der Waals surface area contributed by atoms with Crippen molar-refractivity contribution >= 4 is 40.5 Å². The third kappa shape index (κ3) is 6.36. The van der Waals surface area contributed by atoms with E-state index in [1.54, 1.807) is 24.3 Å². The Morgan fingerprint density at radius 3 is 2.10 bits per heavy atom. The molecule has 3 aromatic carbocycles. The van der Waals surface area contributed by atoms with E-state index in [1.165, 1.54) is 0 Å². The second-order valence-corrected chi connectivity index (χ2v) is 7.33. The summed E-state index contributed by atoms with van der Waals surface area (Å²) in [5, 5.41) is 9.44. The largest absolute Gasteiger partial charge is 0.376 e. The van der Waals surface area contributed by atoms with Gasteiger partial charge in [-0.1, -0.05) is 48.0 Å². The first-order valence-electron chi connectivity index (χ1n) is 9.74. The molecule has 2 amide bonds. The smallest absolute Gasteiger partial charge is 0.243 e. The third-order valence-corrected chi connectivity index (χ3v) is 5.05. The minimum absolute atomic E-state index is 0.0447. The van der Waals surface area contributed by atoms with Crippen molar-refractivity contribution in [1.82, 2.24) is 0 Å². The van der Waals surface area contributed by atoms with Crippen molar-refractivity contribution in [1.29, 1.82) is 0 Å². The van der Waals surface area contributed by atoms with Gasteiger partial charge < -0.3 is 16.0 Å². The first-order chi connectivity index (χ1) is 14.5. The molecular formula is C24H24ClN3O2. The van der Waals surface area contributed by atoms with Crippen molar-refractivity contribution in [2.45, 2.75) is 19.8 Å². The summed E-state index contributed by atoms with van der Waals surface area (Å²) in [6.07, 6.45) is 1.11. The Hall–Kier alpha value is -3.31. The van der Waals surface area contributed by atoms with Crippen LogP contribution in [-0.2, 0) is 16.0 Å². The van der Waals surface area contributed by atoms with Crippen LogP contribution in [0.2, 0.25) is 5.02 Å². The zero-order chi connectivity index (χ0) is 21.3. The lowest BCUT2D eigenvalue weighted by Gasteiger charge is -2.11. The Kier molecular flexibility index (Phi) is 7.46. The highest BCUT2D eigenvalue weighted by molar-refractivity contribution is 6.31. The first-order valence-corrected chi connectivity index (χ1v) is 10.1. The fourth-order valence-corrected chi connectivity index (χ4v) is 3.12. The maximum Gasteiger partial charge on any atom is 0.243 e. The predicted molar refractivity (Wildman–Crippen MR) is 123 cm³/mol. The van der Waals surface area contributed by atoms with Crippen molar-refractivity contribution in [3.8, 4) is 0 Å². The molecule has 154 valence electrons. The lowest BCUT2D eigenvalue weighted by Crippen LogP contribution is -2.22. The molecule has 0 atom stereocenters. The Bertz CT molecular complexity index is 1000. The van der Waals surface area contributed by atoms with Crippen LogP contribution in [0.4, 0.5) is 17.1 Å². The van der Waals surface area contributed by atoms with Crippen molar-refractivity contribution in [3.63, 3.8) is 0 Å². The van der Waals surface area contributed by atoms with E-state index in [4.69, 9.17) is 11.6 Å². The quantitative estimate of drug-likeness (QED) is 0.464. The molecule has 6 heteroatoms. The molecule has 0 aromatic heterocycles. The first kappa shape index (κ1) is 21.4. The number of halogens is 1. The number of aryl methyl sites for hydroxylation is 1. The zero-order valence-electron chi connectivity index (χ0n) is 16.7. The van der Waals surface area contributed by atoms with Crippen LogP contribution in [0.3, 0.4) is 0 Å². The summed E-state index contributed by atoms with van der Waals surface area (Å²) in [6.45, 7) is 2.02. The molecule has 0 aliphatic carbocycles. The van der Waals surface area contributed by atoms with Crippen LogP contribution in [0.5, 0.6) is 0 Å². The molecule has 3 N–H and O–H groups in total. The summed E-state index contributed by atoms with van der Waals surface area (Å²) in [4.78, 5) is 24.3. The van der Waals surface area contributed by atoms with Gasteiger partial charge in [0.15, 0.2) is 0 Å². The molecule has 0 aliphatic rings. The molecule has 0 saturated carbocycles. The average Bonchev–Trinajstić information content (AvgIpc) is 2.75. The SMILES string of the molecule is Cc1c(Cl)cccc1NCC(=O)Nc1ccc(NC(=O)CCc2ccccc2)cc1. The van der Waals surface area contributed by atoms with Crippen LogP contribution >= 0.6 is 11.6 Å². The minimum Gasteiger partial charge on any atom is -0.376 e. The number of rotatable bonds is 8. The molecule has 0 bridgehead atoms. The van der Waals surface area contributed by atoms with Crippen molar-refractivity contribution in [3.05, 3.63) is 88.9 Å². The van der Waals surface area contributed by atoms with Crippen LogP contribution < -0.4 is 16.0 Å². The number of amides is 2. The molecule has 0 saturated heterocycles. The number of benzene rings is 3. The summed E-state index contributed by atoms with van der Waals surface area (Å²) >= 11 is 6.09.